The number of amides is 1. The summed E-state index contributed by atoms with van der Waals surface area (Å²) in [7, 11) is 0. The highest BCUT2D eigenvalue weighted by Gasteiger charge is 2.32. The van der Waals surface area contributed by atoms with Gasteiger partial charge in [0.25, 0.3) is 0 Å². The van der Waals surface area contributed by atoms with Crippen LogP contribution in [-0.4, -0.2) is 30.5 Å². The number of rotatable bonds is 6. The molecule has 2 rings (SSSR count). The fourth-order valence-electron chi connectivity index (χ4n) is 2.90. The molecule has 1 aromatic rings. The zero-order chi connectivity index (χ0) is 16.9. The van der Waals surface area contributed by atoms with Gasteiger partial charge in [-0.2, -0.15) is 0 Å². The van der Waals surface area contributed by atoms with Crippen LogP contribution in [0.15, 0.2) is 24.3 Å². The number of carbonyl (C=O) groups excluding carboxylic acids is 1. The summed E-state index contributed by atoms with van der Waals surface area (Å²) < 4.78 is 19.0. The SMILES string of the molecule is CCC(C)(C)C(=O)N1CCC(CCOc2ccccc2F)CC1. The van der Waals surface area contributed by atoms with Crippen LogP contribution in [-0.2, 0) is 4.79 Å². The topological polar surface area (TPSA) is 29.5 Å². The lowest BCUT2D eigenvalue weighted by Gasteiger charge is -2.36. The molecule has 0 N–H and O–H groups in total. The molecule has 1 aromatic carbocycles. The molecule has 4 heteroatoms. The first-order valence-corrected chi connectivity index (χ1v) is 8.60. The molecular weight excluding hydrogens is 293 g/mol. The predicted octanol–water partition coefficient (Wildman–Crippen LogP) is 4.27. The number of halogens is 1. The predicted molar refractivity (Wildman–Crippen MR) is 89.9 cm³/mol. The molecule has 0 aliphatic carbocycles. The van der Waals surface area contributed by atoms with Crippen LogP contribution < -0.4 is 4.74 Å². The summed E-state index contributed by atoms with van der Waals surface area (Å²) in [6.07, 6.45) is 3.79. The van der Waals surface area contributed by atoms with E-state index in [0.29, 0.717) is 18.3 Å². The first kappa shape index (κ1) is 17.8. The number of nitrogens with zero attached hydrogens (tertiary/aromatic N) is 1. The Bertz CT molecular complexity index is 522. The Kier molecular flexibility index (Phi) is 6.03. The van der Waals surface area contributed by atoms with E-state index in [1.54, 1.807) is 18.2 Å². The second-order valence-corrected chi connectivity index (χ2v) is 7.04. The molecule has 1 fully saturated rings. The molecule has 0 bridgehead atoms. The largest absolute Gasteiger partial charge is 0.491 e. The Labute approximate surface area is 138 Å². The zero-order valence-electron chi connectivity index (χ0n) is 14.5. The summed E-state index contributed by atoms with van der Waals surface area (Å²) in [5, 5.41) is 0. The Morgan fingerprint density at radius 3 is 2.57 bits per heavy atom. The number of hydrogen-bond donors (Lipinski definition) is 0. The van der Waals surface area contributed by atoms with Crippen molar-refractivity contribution in [3.63, 3.8) is 0 Å². The maximum Gasteiger partial charge on any atom is 0.228 e. The monoisotopic (exact) mass is 321 g/mol. The first-order chi connectivity index (χ1) is 10.9. The molecule has 1 aliphatic heterocycles. The van der Waals surface area contributed by atoms with Crippen molar-refractivity contribution in [2.75, 3.05) is 19.7 Å². The standard InChI is InChI=1S/C19H28FNO2/c1-4-19(2,3)18(22)21-12-9-15(10-13-21)11-14-23-17-8-6-5-7-16(17)20/h5-8,15H,4,9-14H2,1-3H3. The molecule has 0 atom stereocenters. The van der Waals surface area contributed by atoms with Gasteiger partial charge in [0.1, 0.15) is 0 Å². The van der Waals surface area contributed by atoms with Crippen LogP contribution in [0, 0.1) is 17.2 Å². The molecule has 128 valence electrons. The number of benzene rings is 1. The molecule has 0 spiro atoms. The van der Waals surface area contributed by atoms with Gasteiger partial charge in [-0.3, -0.25) is 4.79 Å². The number of para-hydroxylation sites is 1. The Morgan fingerprint density at radius 1 is 1.30 bits per heavy atom. The van der Waals surface area contributed by atoms with Gasteiger partial charge in [0.15, 0.2) is 11.6 Å². The highest BCUT2D eigenvalue weighted by Crippen LogP contribution is 2.28. The van der Waals surface area contributed by atoms with Crippen LogP contribution in [0.5, 0.6) is 5.75 Å². The third-order valence-electron chi connectivity index (χ3n) is 4.98. The summed E-state index contributed by atoms with van der Waals surface area (Å²) in [4.78, 5) is 14.5. The van der Waals surface area contributed by atoms with Crippen LogP contribution in [0.1, 0.15) is 46.5 Å². The molecule has 0 unspecified atom stereocenters. The van der Waals surface area contributed by atoms with Gasteiger partial charge in [0.2, 0.25) is 5.91 Å². The molecule has 1 amide bonds. The lowest BCUT2D eigenvalue weighted by atomic mass is 9.86. The van der Waals surface area contributed by atoms with Crippen LogP contribution >= 0.6 is 0 Å². The lowest BCUT2D eigenvalue weighted by Crippen LogP contribution is -2.45. The fourth-order valence-corrected chi connectivity index (χ4v) is 2.90. The van der Waals surface area contributed by atoms with Crippen LogP contribution in [0.3, 0.4) is 0 Å². The van der Waals surface area contributed by atoms with Crippen LogP contribution in [0.25, 0.3) is 0 Å². The highest BCUT2D eigenvalue weighted by atomic mass is 19.1. The summed E-state index contributed by atoms with van der Waals surface area (Å²) in [5.74, 6) is 0.830. The number of ether oxygens (including phenoxy) is 1. The van der Waals surface area contributed by atoms with Crippen molar-refractivity contribution >= 4 is 5.91 Å². The summed E-state index contributed by atoms with van der Waals surface area (Å²) in [5.41, 5.74) is -0.263. The van der Waals surface area contributed by atoms with Crippen LogP contribution in [0.2, 0.25) is 0 Å². The second kappa shape index (κ2) is 7.80. The number of piperidine rings is 1. The maximum atomic E-state index is 13.5. The average molecular weight is 321 g/mol. The van der Waals surface area contributed by atoms with E-state index in [9.17, 15) is 9.18 Å². The van der Waals surface area contributed by atoms with Crippen molar-refractivity contribution in [1.29, 1.82) is 0 Å². The second-order valence-electron chi connectivity index (χ2n) is 7.04. The number of carbonyl (C=O) groups is 1. The van der Waals surface area contributed by atoms with E-state index in [-0.39, 0.29) is 17.1 Å². The minimum Gasteiger partial charge on any atom is -0.491 e. The van der Waals surface area contributed by atoms with Crippen molar-refractivity contribution in [3.05, 3.63) is 30.1 Å². The third-order valence-corrected chi connectivity index (χ3v) is 4.98. The van der Waals surface area contributed by atoms with Crippen molar-refractivity contribution in [2.24, 2.45) is 11.3 Å². The minimum atomic E-state index is -0.310. The molecule has 0 aromatic heterocycles. The first-order valence-electron chi connectivity index (χ1n) is 8.60. The molecular formula is C19H28FNO2. The maximum absolute atomic E-state index is 13.5. The summed E-state index contributed by atoms with van der Waals surface area (Å²) in [6.45, 7) is 8.28. The van der Waals surface area contributed by atoms with Gasteiger partial charge in [-0.05, 0) is 43.7 Å². The van der Waals surface area contributed by atoms with Gasteiger partial charge in [0.05, 0.1) is 6.61 Å². The third kappa shape index (κ3) is 4.69. The molecule has 1 saturated heterocycles. The normalized spacial score (nSPS) is 16.4. The Morgan fingerprint density at radius 2 is 1.96 bits per heavy atom. The van der Waals surface area contributed by atoms with Crippen molar-refractivity contribution < 1.29 is 13.9 Å². The Balaban J connectivity index is 1.73. The van der Waals surface area contributed by atoms with Gasteiger partial charge in [-0.15, -0.1) is 0 Å². The molecule has 0 saturated carbocycles. The van der Waals surface area contributed by atoms with E-state index < -0.39 is 0 Å². The van der Waals surface area contributed by atoms with Gasteiger partial charge in [0, 0.05) is 18.5 Å². The Hall–Kier alpha value is -1.58. The molecule has 0 radical (unpaired) electrons. The minimum absolute atomic E-state index is 0.263. The van der Waals surface area contributed by atoms with Crippen molar-refractivity contribution in [2.45, 2.75) is 46.5 Å². The number of hydrogen-bond acceptors (Lipinski definition) is 2. The van der Waals surface area contributed by atoms with Crippen LogP contribution in [0.4, 0.5) is 4.39 Å². The van der Waals surface area contributed by atoms with E-state index >= 15 is 0 Å². The lowest BCUT2D eigenvalue weighted by molar-refractivity contribution is -0.142. The van der Waals surface area contributed by atoms with E-state index in [0.717, 1.165) is 38.8 Å². The smallest absolute Gasteiger partial charge is 0.228 e. The average Bonchev–Trinajstić information content (AvgIpc) is 2.56. The highest BCUT2D eigenvalue weighted by molar-refractivity contribution is 5.81. The van der Waals surface area contributed by atoms with E-state index in [4.69, 9.17) is 4.74 Å². The van der Waals surface area contributed by atoms with Crippen molar-refractivity contribution in [3.8, 4) is 5.75 Å². The van der Waals surface area contributed by atoms with E-state index in [2.05, 4.69) is 6.92 Å². The summed E-state index contributed by atoms with van der Waals surface area (Å²) in [6, 6.07) is 6.50. The molecule has 1 heterocycles. The van der Waals surface area contributed by atoms with Crippen molar-refractivity contribution in [1.82, 2.24) is 4.90 Å². The van der Waals surface area contributed by atoms with Gasteiger partial charge >= 0.3 is 0 Å². The zero-order valence-corrected chi connectivity index (χ0v) is 14.5. The molecule has 3 nitrogen and oxygen atoms in total. The van der Waals surface area contributed by atoms with Gasteiger partial charge < -0.3 is 9.64 Å². The van der Waals surface area contributed by atoms with Gasteiger partial charge in [-0.25, -0.2) is 4.39 Å². The summed E-state index contributed by atoms with van der Waals surface area (Å²) >= 11 is 0. The molecule has 23 heavy (non-hydrogen) atoms. The van der Waals surface area contributed by atoms with Gasteiger partial charge in [-0.1, -0.05) is 32.9 Å². The quantitative estimate of drug-likeness (QED) is 0.783. The van der Waals surface area contributed by atoms with E-state index in [1.165, 1.54) is 6.07 Å². The molecule has 1 aliphatic rings. The number of likely N-dealkylation sites (tertiary alicyclic amines) is 1. The fraction of sp³-hybridized carbons (Fsp3) is 0.632. The van der Waals surface area contributed by atoms with E-state index in [1.807, 2.05) is 18.7 Å².